The molecule has 0 saturated carbocycles. The Labute approximate surface area is 202 Å². The van der Waals surface area contributed by atoms with Crippen molar-refractivity contribution < 1.29 is 4.74 Å². The largest absolute Gasteiger partial charge is 0.381 e. The number of pyridine rings is 2. The maximum absolute atomic E-state index is 6.42. The molecule has 1 fully saturated rings. The fourth-order valence-electron chi connectivity index (χ4n) is 5.33. The van der Waals surface area contributed by atoms with E-state index in [2.05, 4.69) is 51.3 Å². The first kappa shape index (κ1) is 21.3. The number of hydrogen-bond donors (Lipinski definition) is 0. The number of nitrogens with zero attached hydrogens (tertiary/aromatic N) is 6. The van der Waals surface area contributed by atoms with Crippen molar-refractivity contribution in [3.63, 3.8) is 0 Å². The van der Waals surface area contributed by atoms with Gasteiger partial charge in [0.15, 0.2) is 0 Å². The minimum absolute atomic E-state index is 0.0823. The predicted molar refractivity (Wildman–Crippen MR) is 133 cm³/mol. The van der Waals surface area contributed by atoms with Gasteiger partial charge in [-0.2, -0.15) is 0 Å². The van der Waals surface area contributed by atoms with Crippen LogP contribution in [-0.2, 0) is 11.8 Å². The van der Waals surface area contributed by atoms with E-state index in [1.807, 2.05) is 32.3 Å². The molecular formula is C26H25ClN6O. The quantitative estimate of drug-likeness (QED) is 0.329. The second-order valence-corrected chi connectivity index (χ2v) is 9.31. The van der Waals surface area contributed by atoms with Crippen molar-refractivity contribution in [1.29, 1.82) is 0 Å². The van der Waals surface area contributed by atoms with Crippen LogP contribution in [0.2, 0.25) is 5.15 Å². The summed E-state index contributed by atoms with van der Waals surface area (Å²) >= 11 is 6.42. The van der Waals surface area contributed by atoms with E-state index < -0.39 is 0 Å². The van der Waals surface area contributed by atoms with Gasteiger partial charge in [0.2, 0.25) is 0 Å². The predicted octanol–water partition coefficient (Wildman–Crippen LogP) is 5.36. The first-order chi connectivity index (χ1) is 16.6. The first-order valence-electron chi connectivity index (χ1n) is 11.6. The van der Waals surface area contributed by atoms with Crippen LogP contribution in [0.5, 0.6) is 0 Å². The van der Waals surface area contributed by atoms with Crippen LogP contribution in [0.25, 0.3) is 33.3 Å². The lowest BCUT2D eigenvalue weighted by molar-refractivity contribution is 0.0552. The van der Waals surface area contributed by atoms with E-state index in [1.54, 1.807) is 4.68 Å². The zero-order valence-corrected chi connectivity index (χ0v) is 19.9. The molecule has 0 radical (unpaired) electrons. The van der Waals surface area contributed by atoms with Gasteiger partial charge in [-0.1, -0.05) is 47.1 Å². The maximum Gasteiger partial charge on any atom is 0.144 e. The molecule has 1 atom stereocenters. The molecule has 0 bridgehead atoms. The molecular weight excluding hydrogens is 448 g/mol. The third-order valence-corrected chi connectivity index (χ3v) is 7.06. The van der Waals surface area contributed by atoms with Gasteiger partial charge in [0, 0.05) is 37.4 Å². The van der Waals surface area contributed by atoms with Crippen molar-refractivity contribution in [2.45, 2.75) is 25.8 Å². The van der Waals surface area contributed by atoms with E-state index in [9.17, 15) is 0 Å². The summed E-state index contributed by atoms with van der Waals surface area (Å²) in [6, 6.07) is 16.8. The zero-order chi connectivity index (χ0) is 23.2. The highest BCUT2D eigenvalue weighted by Crippen LogP contribution is 2.40. The lowest BCUT2D eigenvalue weighted by Crippen LogP contribution is -2.27. The van der Waals surface area contributed by atoms with E-state index >= 15 is 0 Å². The van der Waals surface area contributed by atoms with E-state index in [-0.39, 0.29) is 6.04 Å². The molecule has 0 amide bonds. The molecule has 5 aromatic rings. The molecule has 172 valence electrons. The molecule has 0 aliphatic carbocycles. The smallest absolute Gasteiger partial charge is 0.144 e. The topological polar surface area (TPSA) is 70.7 Å². The van der Waals surface area contributed by atoms with Gasteiger partial charge in [0.1, 0.15) is 10.8 Å². The van der Waals surface area contributed by atoms with Crippen LogP contribution >= 0.6 is 11.6 Å². The Kier molecular flexibility index (Phi) is 5.31. The molecule has 1 saturated heterocycles. The fraction of sp³-hybridized carbons (Fsp3) is 0.308. The molecule has 8 heteroatoms. The van der Waals surface area contributed by atoms with Crippen molar-refractivity contribution in [3.05, 3.63) is 71.1 Å². The summed E-state index contributed by atoms with van der Waals surface area (Å²) in [6.45, 7) is 3.50. The van der Waals surface area contributed by atoms with Gasteiger partial charge in [-0.25, -0.2) is 9.67 Å². The van der Waals surface area contributed by atoms with E-state index in [0.717, 1.165) is 65.1 Å². The van der Waals surface area contributed by atoms with Gasteiger partial charge in [-0.05, 0) is 49.4 Å². The van der Waals surface area contributed by atoms with Crippen molar-refractivity contribution in [3.8, 4) is 11.3 Å². The summed E-state index contributed by atoms with van der Waals surface area (Å²) in [6.07, 6.45) is 3.87. The van der Waals surface area contributed by atoms with Crippen LogP contribution in [0.4, 0.5) is 0 Å². The van der Waals surface area contributed by atoms with Gasteiger partial charge < -0.3 is 9.30 Å². The van der Waals surface area contributed by atoms with Crippen LogP contribution in [0.15, 0.2) is 54.7 Å². The SMILES string of the molecule is Cc1nnn(C)c1-c1cnc2c3ccc(Cl)nc3n(C(c3ccccc3)C3CCOCC3)c2c1. The average molecular weight is 473 g/mol. The second kappa shape index (κ2) is 8.49. The van der Waals surface area contributed by atoms with E-state index in [0.29, 0.717) is 11.1 Å². The molecule has 1 unspecified atom stereocenters. The number of benzene rings is 1. The van der Waals surface area contributed by atoms with Crippen LogP contribution in [-0.4, -0.2) is 42.7 Å². The summed E-state index contributed by atoms with van der Waals surface area (Å²) < 4.78 is 9.86. The maximum atomic E-state index is 6.42. The fourth-order valence-corrected chi connectivity index (χ4v) is 5.48. The molecule has 5 heterocycles. The molecule has 1 aliphatic rings. The normalized spacial score (nSPS) is 15.9. The highest BCUT2D eigenvalue weighted by Gasteiger charge is 2.31. The molecule has 7 nitrogen and oxygen atoms in total. The van der Waals surface area contributed by atoms with Gasteiger partial charge in [-0.15, -0.1) is 5.10 Å². The van der Waals surface area contributed by atoms with Crippen molar-refractivity contribution in [1.82, 2.24) is 29.5 Å². The Balaban J connectivity index is 1.67. The Bertz CT molecular complexity index is 1470. The second-order valence-electron chi connectivity index (χ2n) is 8.92. The summed E-state index contributed by atoms with van der Waals surface area (Å²) in [5.74, 6) is 0.402. The molecule has 4 aromatic heterocycles. The lowest BCUT2D eigenvalue weighted by Gasteiger charge is -2.32. The summed E-state index contributed by atoms with van der Waals surface area (Å²) in [5.41, 5.74) is 6.86. The Morgan fingerprint density at radius 1 is 1.09 bits per heavy atom. The summed E-state index contributed by atoms with van der Waals surface area (Å²) in [5, 5.41) is 9.91. The molecule has 6 rings (SSSR count). The minimum Gasteiger partial charge on any atom is -0.381 e. The van der Waals surface area contributed by atoms with Crippen LogP contribution in [0.3, 0.4) is 0 Å². The molecule has 34 heavy (non-hydrogen) atoms. The number of aryl methyl sites for hydroxylation is 2. The number of halogens is 1. The third kappa shape index (κ3) is 3.47. The molecule has 0 spiro atoms. The first-order valence-corrected chi connectivity index (χ1v) is 11.9. The van der Waals surface area contributed by atoms with E-state index in [4.69, 9.17) is 26.3 Å². The van der Waals surface area contributed by atoms with Crippen LogP contribution in [0.1, 0.15) is 30.1 Å². The standard InChI is InChI=1S/C26H25ClN6O/c1-16-24(32(2)31-30-16)19-14-21-23(28-15-19)20-8-9-22(27)29-26(20)33(21)25(17-6-4-3-5-7-17)18-10-12-34-13-11-18/h3-9,14-15,18,25H,10-13H2,1-2H3. The number of aromatic nitrogens is 6. The van der Waals surface area contributed by atoms with Crippen molar-refractivity contribution in [2.24, 2.45) is 13.0 Å². The number of rotatable bonds is 4. The van der Waals surface area contributed by atoms with Crippen LogP contribution in [0, 0.1) is 12.8 Å². The average Bonchev–Trinajstić information content (AvgIpc) is 3.36. The molecule has 1 aromatic carbocycles. The number of hydrogen-bond acceptors (Lipinski definition) is 5. The van der Waals surface area contributed by atoms with Gasteiger partial charge in [0.25, 0.3) is 0 Å². The van der Waals surface area contributed by atoms with Gasteiger partial charge in [-0.3, -0.25) is 4.98 Å². The monoisotopic (exact) mass is 472 g/mol. The Morgan fingerprint density at radius 3 is 2.62 bits per heavy atom. The highest BCUT2D eigenvalue weighted by molar-refractivity contribution is 6.30. The summed E-state index contributed by atoms with van der Waals surface area (Å²) in [7, 11) is 1.91. The van der Waals surface area contributed by atoms with Gasteiger partial charge >= 0.3 is 0 Å². The molecule has 0 N–H and O–H groups in total. The zero-order valence-electron chi connectivity index (χ0n) is 19.1. The van der Waals surface area contributed by atoms with Crippen molar-refractivity contribution >= 4 is 33.7 Å². The summed E-state index contributed by atoms with van der Waals surface area (Å²) in [4.78, 5) is 9.73. The van der Waals surface area contributed by atoms with Gasteiger partial charge in [0.05, 0.1) is 28.5 Å². The Morgan fingerprint density at radius 2 is 1.88 bits per heavy atom. The highest BCUT2D eigenvalue weighted by atomic mass is 35.5. The number of ether oxygens (including phenoxy) is 1. The van der Waals surface area contributed by atoms with E-state index in [1.165, 1.54) is 5.56 Å². The molecule has 1 aliphatic heterocycles. The lowest BCUT2D eigenvalue weighted by atomic mass is 9.86. The van der Waals surface area contributed by atoms with Crippen molar-refractivity contribution in [2.75, 3.05) is 13.2 Å². The number of fused-ring (bicyclic) bond motifs is 3. The van der Waals surface area contributed by atoms with Crippen LogP contribution < -0.4 is 0 Å². The third-order valence-electron chi connectivity index (χ3n) is 6.85. The minimum atomic E-state index is 0.0823. The Hall–Kier alpha value is -3.29.